The number of alkyl halides is 3. The summed E-state index contributed by atoms with van der Waals surface area (Å²) in [6, 6.07) is 10.3. The van der Waals surface area contributed by atoms with Gasteiger partial charge in [0, 0.05) is 11.3 Å². The van der Waals surface area contributed by atoms with Gasteiger partial charge in [0.05, 0.1) is 11.8 Å². The van der Waals surface area contributed by atoms with Gasteiger partial charge in [0.25, 0.3) is 5.91 Å². The van der Waals surface area contributed by atoms with Crippen molar-refractivity contribution < 1.29 is 23.1 Å². The van der Waals surface area contributed by atoms with Crippen molar-refractivity contribution >= 4 is 35.0 Å². The Kier molecular flexibility index (Phi) is 5.71. The van der Waals surface area contributed by atoms with Gasteiger partial charge in [0.15, 0.2) is 4.99 Å². The van der Waals surface area contributed by atoms with Crippen LogP contribution >= 0.6 is 12.2 Å². The van der Waals surface area contributed by atoms with Crippen molar-refractivity contribution in [3.05, 3.63) is 59.7 Å². The topological polar surface area (TPSA) is 73.7 Å². The number of thiocarbonyl (C=S) groups is 1. The minimum Gasteiger partial charge on any atom is -0.507 e. The third kappa shape index (κ3) is 5.28. The highest BCUT2D eigenvalue weighted by atomic mass is 32.1. The molecule has 9 heteroatoms. The third-order valence-corrected chi connectivity index (χ3v) is 3.26. The summed E-state index contributed by atoms with van der Waals surface area (Å²) in [4.78, 5) is 11.6. The minimum absolute atomic E-state index is 0.00757. The Hall–Kier alpha value is -2.94. The molecule has 0 aliphatic carbocycles. The van der Waals surface area contributed by atoms with Crippen LogP contribution in [0.2, 0.25) is 0 Å². The van der Waals surface area contributed by atoms with E-state index < -0.39 is 17.6 Å². The van der Waals surface area contributed by atoms with E-state index in [1.807, 2.05) is 0 Å². The van der Waals surface area contributed by atoms with Gasteiger partial charge >= 0.3 is 6.18 Å². The van der Waals surface area contributed by atoms with Crippen LogP contribution in [0.15, 0.2) is 53.6 Å². The quantitative estimate of drug-likeness (QED) is 0.442. The number of amides is 1. The maximum absolute atomic E-state index is 12.5. The Morgan fingerprint density at radius 2 is 1.76 bits per heavy atom. The maximum Gasteiger partial charge on any atom is 0.416 e. The predicted octanol–water partition coefficient (Wildman–Crippen LogP) is 3.30. The zero-order chi connectivity index (χ0) is 18.4. The number of carbonyl (C=O) groups is 1. The number of phenols is 1. The van der Waals surface area contributed by atoms with Gasteiger partial charge in [-0.15, -0.1) is 0 Å². The number of aromatic hydroxyl groups is 1. The summed E-state index contributed by atoms with van der Waals surface area (Å²) in [6.07, 6.45) is -3.18. The Morgan fingerprint density at radius 3 is 2.36 bits per heavy atom. The first kappa shape index (κ1) is 18.4. The van der Waals surface area contributed by atoms with Crippen molar-refractivity contribution in [3.63, 3.8) is 0 Å². The van der Waals surface area contributed by atoms with Crippen LogP contribution in [0, 0.1) is 0 Å². The number of halogens is 3. The van der Waals surface area contributed by atoms with Crippen molar-refractivity contribution in [1.82, 2.24) is 5.43 Å². The molecule has 0 radical (unpaired) electrons. The van der Waals surface area contributed by atoms with E-state index in [0.29, 0.717) is 5.56 Å². The first-order valence-electron chi connectivity index (χ1n) is 6.87. The second kappa shape index (κ2) is 7.75. The molecule has 3 N–H and O–H groups in total. The van der Waals surface area contributed by atoms with E-state index in [0.717, 1.165) is 24.3 Å². The molecule has 0 unspecified atom stereocenters. The number of hydrazone groups is 1. The fourth-order valence-corrected chi connectivity index (χ4v) is 1.84. The van der Waals surface area contributed by atoms with E-state index in [-0.39, 0.29) is 16.4 Å². The van der Waals surface area contributed by atoms with E-state index in [2.05, 4.69) is 15.8 Å². The molecule has 2 aromatic rings. The van der Waals surface area contributed by atoms with Crippen molar-refractivity contribution in [1.29, 1.82) is 0 Å². The summed E-state index contributed by atoms with van der Waals surface area (Å²) in [6.45, 7) is 0. The minimum atomic E-state index is -4.45. The summed E-state index contributed by atoms with van der Waals surface area (Å²) in [5, 5.41) is 15.6. The summed E-state index contributed by atoms with van der Waals surface area (Å²) in [5.74, 6) is -0.725. The molecule has 0 fully saturated rings. The SMILES string of the molecule is O=C(Nc1ccc(C(F)(F)F)cc1)C(=S)NN=Cc1ccccc1O. The molecular formula is C16H12F3N3O2S. The van der Waals surface area contributed by atoms with Crippen molar-refractivity contribution in [2.45, 2.75) is 6.18 Å². The number of carbonyl (C=O) groups excluding carboxylic acids is 1. The van der Waals surface area contributed by atoms with Gasteiger partial charge in [0.1, 0.15) is 5.75 Å². The molecule has 25 heavy (non-hydrogen) atoms. The Balaban J connectivity index is 1.92. The molecule has 0 atom stereocenters. The van der Waals surface area contributed by atoms with Gasteiger partial charge in [-0.3, -0.25) is 10.2 Å². The highest BCUT2D eigenvalue weighted by Crippen LogP contribution is 2.29. The first-order chi connectivity index (χ1) is 11.8. The molecule has 0 saturated heterocycles. The second-order valence-electron chi connectivity index (χ2n) is 4.79. The number of nitrogens with one attached hydrogen (secondary N) is 2. The lowest BCUT2D eigenvalue weighted by molar-refractivity contribution is -0.137. The molecule has 2 aromatic carbocycles. The lowest BCUT2D eigenvalue weighted by Gasteiger charge is -2.09. The molecular weight excluding hydrogens is 355 g/mol. The van der Waals surface area contributed by atoms with Gasteiger partial charge in [-0.2, -0.15) is 18.3 Å². The van der Waals surface area contributed by atoms with Crippen LogP contribution in [0.25, 0.3) is 0 Å². The number of phenolic OH excluding ortho intramolecular Hbond substituents is 1. The maximum atomic E-state index is 12.5. The molecule has 130 valence electrons. The molecule has 1 amide bonds. The highest BCUT2D eigenvalue weighted by molar-refractivity contribution is 7.82. The molecule has 0 aliphatic heterocycles. The van der Waals surface area contributed by atoms with E-state index in [1.165, 1.54) is 12.3 Å². The monoisotopic (exact) mass is 367 g/mol. The zero-order valence-electron chi connectivity index (χ0n) is 12.5. The van der Waals surface area contributed by atoms with Crippen LogP contribution in [-0.4, -0.2) is 22.2 Å². The van der Waals surface area contributed by atoms with Crippen LogP contribution in [-0.2, 0) is 11.0 Å². The predicted molar refractivity (Wildman–Crippen MR) is 91.5 cm³/mol. The van der Waals surface area contributed by atoms with E-state index in [9.17, 15) is 23.1 Å². The van der Waals surface area contributed by atoms with Crippen LogP contribution < -0.4 is 10.7 Å². The Morgan fingerprint density at radius 1 is 1.12 bits per heavy atom. The lowest BCUT2D eigenvalue weighted by Crippen LogP contribution is -2.30. The van der Waals surface area contributed by atoms with Gasteiger partial charge in [-0.05, 0) is 36.4 Å². The average Bonchev–Trinajstić information content (AvgIpc) is 2.56. The zero-order valence-corrected chi connectivity index (χ0v) is 13.4. The van der Waals surface area contributed by atoms with Crippen molar-refractivity contribution in [2.24, 2.45) is 5.10 Å². The number of nitrogens with zero attached hydrogens (tertiary/aromatic N) is 1. The fourth-order valence-electron chi connectivity index (χ4n) is 1.74. The van der Waals surface area contributed by atoms with Crippen LogP contribution in [0.5, 0.6) is 5.75 Å². The first-order valence-corrected chi connectivity index (χ1v) is 7.28. The highest BCUT2D eigenvalue weighted by Gasteiger charge is 2.30. The third-order valence-electron chi connectivity index (χ3n) is 2.98. The van der Waals surface area contributed by atoms with E-state index in [1.54, 1.807) is 18.2 Å². The number of hydrogen-bond donors (Lipinski definition) is 3. The number of para-hydroxylation sites is 1. The number of rotatable bonds is 3. The Bertz CT molecular complexity index is 805. The number of anilines is 1. The number of hydrogen-bond acceptors (Lipinski definition) is 4. The van der Waals surface area contributed by atoms with Gasteiger partial charge < -0.3 is 10.4 Å². The largest absolute Gasteiger partial charge is 0.507 e. The van der Waals surface area contributed by atoms with E-state index >= 15 is 0 Å². The average molecular weight is 367 g/mol. The van der Waals surface area contributed by atoms with Crippen molar-refractivity contribution in [2.75, 3.05) is 5.32 Å². The lowest BCUT2D eigenvalue weighted by atomic mass is 10.2. The molecule has 0 heterocycles. The molecule has 0 aromatic heterocycles. The fraction of sp³-hybridized carbons (Fsp3) is 0.0625. The summed E-state index contributed by atoms with van der Waals surface area (Å²) in [5.41, 5.74) is 2.07. The van der Waals surface area contributed by atoms with Crippen LogP contribution in [0.3, 0.4) is 0 Å². The normalized spacial score (nSPS) is 11.3. The molecule has 5 nitrogen and oxygen atoms in total. The molecule has 0 saturated carbocycles. The van der Waals surface area contributed by atoms with Gasteiger partial charge in [-0.1, -0.05) is 24.4 Å². The van der Waals surface area contributed by atoms with Crippen molar-refractivity contribution in [3.8, 4) is 5.75 Å². The summed E-state index contributed by atoms with van der Waals surface area (Å²) in [7, 11) is 0. The van der Waals surface area contributed by atoms with E-state index in [4.69, 9.17) is 12.2 Å². The summed E-state index contributed by atoms with van der Waals surface area (Å²) >= 11 is 4.83. The molecule has 0 bridgehead atoms. The number of benzene rings is 2. The standard InChI is InChI=1S/C16H12F3N3O2S/c17-16(18,19)11-5-7-12(8-6-11)21-14(24)15(25)22-20-9-10-3-1-2-4-13(10)23/h1-9,23H,(H,21,24)(H,22,25). The van der Waals surface area contributed by atoms with Crippen LogP contribution in [0.1, 0.15) is 11.1 Å². The smallest absolute Gasteiger partial charge is 0.416 e. The van der Waals surface area contributed by atoms with Gasteiger partial charge in [-0.25, -0.2) is 0 Å². The van der Waals surface area contributed by atoms with Gasteiger partial charge in [0.2, 0.25) is 0 Å². The molecule has 2 rings (SSSR count). The second-order valence-corrected chi connectivity index (χ2v) is 5.20. The summed E-state index contributed by atoms with van der Waals surface area (Å²) < 4.78 is 37.4. The van der Waals surface area contributed by atoms with Crippen LogP contribution in [0.4, 0.5) is 18.9 Å². The molecule has 0 aliphatic rings. The molecule has 0 spiro atoms. The Labute approximate surface area is 146 Å².